The van der Waals surface area contributed by atoms with E-state index >= 15 is 0 Å². The van der Waals surface area contributed by atoms with Gasteiger partial charge in [-0.2, -0.15) is 5.10 Å². The molecule has 2 amide bonds. The fraction of sp³-hybridized carbons (Fsp3) is 0.565. The molecule has 2 fully saturated rings. The van der Waals surface area contributed by atoms with Crippen molar-refractivity contribution >= 4 is 11.8 Å². The SMILES string of the molecule is COc1cc(-c2cc(C(=O)N3CCC(C(=O)N[C@H]4CC[C@@H](C)CC4)CC3)n[nH]2)c(F)cn1. The summed E-state index contributed by atoms with van der Waals surface area (Å²) in [7, 11) is 1.45. The first-order valence-electron chi connectivity index (χ1n) is 11.3. The van der Waals surface area contributed by atoms with Crippen molar-refractivity contribution in [3.05, 3.63) is 29.8 Å². The van der Waals surface area contributed by atoms with E-state index < -0.39 is 5.82 Å². The Morgan fingerprint density at radius 2 is 1.88 bits per heavy atom. The number of likely N-dealkylation sites (tertiary alicyclic amines) is 1. The van der Waals surface area contributed by atoms with Gasteiger partial charge in [-0.1, -0.05) is 6.92 Å². The van der Waals surface area contributed by atoms with Gasteiger partial charge in [0.1, 0.15) is 0 Å². The highest BCUT2D eigenvalue weighted by Crippen LogP contribution is 2.27. The Hall–Kier alpha value is -2.97. The van der Waals surface area contributed by atoms with Crippen molar-refractivity contribution in [1.29, 1.82) is 0 Å². The number of carbonyl (C=O) groups excluding carboxylic acids is 2. The molecular formula is C23H30FN5O3. The molecule has 32 heavy (non-hydrogen) atoms. The monoisotopic (exact) mass is 443 g/mol. The summed E-state index contributed by atoms with van der Waals surface area (Å²) in [6.07, 6.45) is 6.77. The largest absolute Gasteiger partial charge is 0.481 e. The average molecular weight is 444 g/mol. The fourth-order valence-electron chi connectivity index (χ4n) is 4.54. The highest BCUT2D eigenvalue weighted by molar-refractivity contribution is 5.93. The molecule has 9 heteroatoms. The first kappa shape index (κ1) is 22.2. The molecule has 3 heterocycles. The Morgan fingerprint density at radius 1 is 1.16 bits per heavy atom. The number of carbonyl (C=O) groups is 2. The number of methoxy groups -OCH3 is 1. The highest BCUT2D eigenvalue weighted by atomic mass is 19.1. The molecule has 1 aliphatic heterocycles. The number of aromatic nitrogens is 3. The molecule has 4 rings (SSSR count). The van der Waals surface area contributed by atoms with Gasteiger partial charge in [0, 0.05) is 36.7 Å². The topological polar surface area (TPSA) is 100 Å². The number of amides is 2. The van der Waals surface area contributed by atoms with Gasteiger partial charge in [0.15, 0.2) is 11.5 Å². The number of hydrogen-bond donors (Lipinski definition) is 2. The molecule has 0 spiro atoms. The minimum Gasteiger partial charge on any atom is -0.481 e. The number of ether oxygens (including phenoxy) is 1. The van der Waals surface area contributed by atoms with Crippen molar-refractivity contribution in [1.82, 2.24) is 25.4 Å². The van der Waals surface area contributed by atoms with Crippen molar-refractivity contribution in [2.75, 3.05) is 20.2 Å². The molecule has 2 aliphatic rings. The van der Waals surface area contributed by atoms with Gasteiger partial charge in [-0.25, -0.2) is 9.37 Å². The highest BCUT2D eigenvalue weighted by Gasteiger charge is 2.30. The number of hydrogen-bond acceptors (Lipinski definition) is 5. The number of piperidine rings is 1. The molecule has 1 saturated carbocycles. The molecular weight excluding hydrogens is 413 g/mol. The van der Waals surface area contributed by atoms with E-state index in [-0.39, 0.29) is 40.9 Å². The Bertz CT molecular complexity index is 962. The summed E-state index contributed by atoms with van der Waals surface area (Å²) >= 11 is 0. The van der Waals surface area contributed by atoms with E-state index in [2.05, 4.69) is 27.4 Å². The van der Waals surface area contributed by atoms with Crippen LogP contribution in [0.2, 0.25) is 0 Å². The van der Waals surface area contributed by atoms with Crippen LogP contribution in [0.25, 0.3) is 11.3 Å². The molecule has 0 radical (unpaired) electrons. The first-order valence-corrected chi connectivity index (χ1v) is 11.3. The maximum absolute atomic E-state index is 14.2. The number of halogens is 1. The molecule has 0 aromatic carbocycles. The van der Waals surface area contributed by atoms with Gasteiger partial charge >= 0.3 is 0 Å². The molecule has 0 unspecified atom stereocenters. The van der Waals surface area contributed by atoms with E-state index in [1.807, 2.05) is 0 Å². The van der Waals surface area contributed by atoms with E-state index in [1.54, 1.807) is 4.90 Å². The van der Waals surface area contributed by atoms with E-state index in [1.165, 1.54) is 32.1 Å². The molecule has 2 aromatic rings. The number of pyridine rings is 1. The van der Waals surface area contributed by atoms with Gasteiger partial charge in [-0.05, 0) is 50.5 Å². The van der Waals surface area contributed by atoms with Gasteiger partial charge in [0.2, 0.25) is 11.8 Å². The Labute approximate surface area is 186 Å². The van der Waals surface area contributed by atoms with Crippen LogP contribution < -0.4 is 10.1 Å². The Balaban J connectivity index is 1.33. The van der Waals surface area contributed by atoms with Gasteiger partial charge < -0.3 is 15.0 Å². The lowest BCUT2D eigenvalue weighted by Gasteiger charge is -2.33. The molecule has 8 nitrogen and oxygen atoms in total. The van der Waals surface area contributed by atoms with Crippen LogP contribution >= 0.6 is 0 Å². The second kappa shape index (κ2) is 9.67. The molecule has 1 saturated heterocycles. The van der Waals surface area contributed by atoms with Crippen LogP contribution in [0.3, 0.4) is 0 Å². The third-order valence-electron chi connectivity index (χ3n) is 6.64. The van der Waals surface area contributed by atoms with Gasteiger partial charge in [-0.15, -0.1) is 0 Å². The summed E-state index contributed by atoms with van der Waals surface area (Å²) in [6.45, 7) is 3.26. The molecule has 2 N–H and O–H groups in total. The lowest BCUT2D eigenvalue weighted by molar-refractivity contribution is -0.127. The van der Waals surface area contributed by atoms with Crippen LogP contribution in [-0.2, 0) is 4.79 Å². The Kier molecular flexibility index (Phi) is 6.72. The second-order valence-corrected chi connectivity index (χ2v) is 8.91. The van der Waals surface area contributed by atoms with Crippen molar-refractivity contribution in [3.63, 3.8) is 0 Å². The first-order chi connectivity index (χ1) is 15.4. The van der Waals surface area contributed by atoms with Crippen LogP contribution in [0.15, 0.2) is 18.3 Å². The zero-order valence-corrected chi connectivity index (χ0v) is 18.6. The lowest BCUT2D eigenvalue weighted by Crippen LogP contribution is -2.46. The maximum Gasteiger partial charge on any atom is 0.274 e. The second-order valence-electron chi connectivity index (χ2n) is 8.91. The minimum atomic E-state index is -0.535. The third-order valence-corrected chi connectivity index (χ3v) is 6.64. The average Bonchev–Trinajstić information content (AvgIpc) is 3.30. The predicted molar refractivity (Wildman–Crippen MR) is 117 cm³/mol. The van der Waals surface area contributed by atoms with E-state index in [4.69, 9.17) is 4.74 Å². The van der Waals surface area contributed by atoms with E-state index in [9.17, 15) is 14.0 Å². The van der Waals surface area contributed by atoms with Crippen LogP contribution in [0.4, 0.5) is 4.39 Å². The van der Waals surface area contributed by atoms with Crippen LogP contribution in [-0.4, -0.2) is 58.1 Å². The molecule has 0 atom stereocenters. The molecule has 0 bridgehead atoms. The summed E-state index contributed by atoms with van der Waals surface area (Å²) < 4.78 is 19.2. The number of rotatable bonds is 5. The van der Waals surface area contributed by atoms with E-state index in [0.29, 0.717) is 31.6 Å². The maximum atomic E-state index is 14.2. The standard InChI is InChI=1S/C23H30FN5O3/c1-14-3-5-16(6-4-14)26-22(30)15-7-9-29(10-8-15)23(31)20-12-19(27-28-20)17-11-21(32-2)25-13-18(17)24/h11-16H,3-10H2,1-2H3,(H,26,30)(H,27,28)/t14-,16+. The summed E-state index contributed by atoms with van der Waals surface area (Å²) in [5.74, 6) is 0.304. The van der Waals surface area contributed by atoms with Crippen molar-refractivity contribution < 1.29 is 18.7 Å². The smallest absolute Gasteiger partial charge is 0.274 e. The summed E-state index contributed by atoms with van der Waals surface area (Å²) in [5, 5.41) is 10.0. The molecule has 1 aliphatic carbocycles. The normalized spacial score (nSPS) is 21.9. The lowest BCUT2D eigenvalue weighted by atomic mass is 9.86. The zero-order chi connectivity index (χ0) is 22.7. The minimum absolute atomic E-state index is 0.0634. The quantitative estimate of drug-likeness (QED) is 0.739. The number of nitrogens with zero attached hydrogens (tertiary/aromatic N) is 3. The number of H-pyrrole nitrogens is 1. The molecule has 2 aromatic heterocycles. The van der Waals surface area contributed by atoms with Crippen LogP contribution in [0.1, 0.15) is 55.9 Å². The predicted octanol–water partition coefficient (Wildman–Crippen LogP) is 3.17. The Morgan fingerprint density at radius 3 is 2.56 bits per heavy atom. The van der Waals surface area contributed by atoms with Gasteiger partial charge in [-0.3, -0.25) is 14.7 Å². The van der Waals surface area contributed by atoms with Crippen molar-refractivity contribution in [2.24, 2.45) is 11.8 Å². The summed E-state index contributed by atoms with van der Waals surface area (Å²) in [4.78, 5) is 31.1. The van der Waals surface area contributed by atoms with Crippen LogP contribution in [0.5, 0.6) is 5.88 Å². The summed E-state index contributed by atoms with van der Waals surface area (Å²) in [6, 6.07) is 3.27. The van der Waals surface area contributed by atoms with Gasteiger partial charge in [0.25, 0.3) is 5.91 Å². The van der Waals surface area contributed by atoms with Crippen molar-refractivity contribution in [2.45, 2.75) is 51.5 Å². The zero-order valence-electron chi connectivity index (χ0n) is 18.6. The fourth-order valence-corrected chi connectivity index (χ4v) is 4.54. The van der Waals surface area contributed by atoms with Crippen LogP contribution in [0, 0.1) is 17.7 Å². The molecule has 172 valence electrons. The number of nitrogens with one attached hydrogen (secondary N) is 2. The van der Waals surface area contributed by atoms with Gasteiger partial charge in [0.05, 0.1) is 19.0 Å². The number of aromatic amines is 1. The summed E-state index contributed by atoms with van der Waals surface area (Å²) in [5.41, 5.74) is 0.827. The third kappa shape index (κ3) is 4.92. The van der Waals surface area contributed by atoms with E-state index in [0.717, 1.165) is 25.0 Å². The van der Waals surface area contributed by atoms with Crippen molar-refractivity contribution in [3.8, 4) is 17.1 Å².